The highest BCUT2D eigenvalue weighted by Gasteiger charge is 2.27. The van der Waals surface area contributed by atoms with Gasteiger partial charge in [-0.05, 0) is 48.9 Å². The zero-order valence-electron chi connectivity index (χ0n) is 16.2. The van der Waals surface area contributed by atoms with E-state index in [9.17, 15) is 13.2 Å². The molecule has 3 rings (SSSR count). The lowest BCUT2D eigenvalue weighted by atomic mass is 10.2. The van der Waals surface area contributed by atoms with Crippen molar-refractivity contribution in [1.82, 2.24) is 0 Å². The second-order valence-electron chi connectivity index (χ2n) is 6.41. The summed E-state index contributed by atoms with van der Waals surface area (Å²) in [5, 5.41) is 2.73. The van der Waals surface area contributed by atoms with Crippen LogP contribution in [0.2, 0.25) is 0 Å². The largest absolute Gasteiger partial charge is 0.495 e. The molecule has 0 saturated heterocycles. The summed E-state index contributed by atoms with van der Waals surface area (Å²) in [6.07, 6.45) is 0. The number of para-hydroxylation sites is 2. The molecule has 0 aliphatic carbocycles. The van der Waals surface area contributed by atoms with E-state index in [1.54, 1.807) is 60.7 Å². The maximum absolute atomic E-state index is 13.3. The van der Waals surface area contributed by atoms with Gasteiger partial charge < -0.3 is 10.1 Å². The Morgan fingerprint density at radius 2 is 1.66 bits per heavy atom. The Morgan fingerprint density at radius 3 is 2.34 bits per heavy atom. The average Bonchev–Trinajstić information content (AvgIpc) is 2.73. The third kappa shape index (κ3) is 4.75. The molecule has 0 saturated carbocycles. The van der Waals surface area contributed by atoms with Crippen molar-refractivity contribution in [2.45, 2.75) is 11.8 Å². The molecule has 1 amide bonds. The topological polar surface area (TPSA) is 75.7 Å². The van der Waals surface area contributed by atoms with Gasteiger partial charge in [0.15, 0.2) is 0 Å². The number of rotatable bonds is 7. The van der Waals surface area contributed by atoms with E-state index in [-0.39, 0.29) is 11.4 Å². The normalized spacial score (nSPS) is 11.0. The van der Waals surface area contributed by atoms with Crippen molar-refractivity contribution < 1.29 is 17.9 Å². The first-order valence-electron chi connectivity index (χ1n) is 8.99. The van der Waals surface area contributed by atoms with Gasteiger partial charge in [-0.3, -0.25) is 9.10 Å². The minimum absolute atomic E-state index is 0.117. The Kier molecular flexibility index (Phi) is 6.19. The van der Waals surface area contributed by atoms with Crippen molar-refractivity contribution in [2.24, 2.45) is 0 Å². The second-order valence-corrected chi connectivity index (χ2v) is 8.27. The van der Waals surface area contributed by atoms with Gasteiger partial charge in [0.25, 0.3) is 10.0 Å². The maximum Gasteiger partial charge on any atom is 0.264 e. The number of benzene rings is 3. The molecule has 0 aromatic heterocycles. The van der Waals surface area contributed by atoms with E-state index in [1.165, 1.54) is 19.2 Å². The van der Waals surface area contributed by atoms with Gasteiger partial charge >= 0.3 is 0 Å². The number of hydrogen-bond acceptors (Lipinski definition) is 4. The van der Waals surface area contributed by atoms with Crippen molar-refractivity contribution >= 4 is 27.3 Å². The molecule has 1 N–H and O–H groups in total. The number of nitrogens with zero attached hydrogens (tertiary/aromatic N) is 1. The van der Waals surface area contributed by atoms with Crippen molar-refractivity contribution in [3.05, 3.63) is 84.4 Å². The Labute approximate surface area is 170 Å². The number of carbonyl (C=O) groups is 1. The predicted octanol–water partition coefficient (Wildman–Crippen LogP) is 3.84. The molecule has 150 valence electrons. The molecule has 0 bridgehead atoms. The summed E-state index contributed by atoms with van der Waals surface area (Å²) in [6, 6.07) is 22.0. The van der Waals surface area contributed by atoms with Crippen LogP contribution in [0.3, 0.4) is 0 Å². The summed E-state index contributed by atoms with van der Waals surface area (Å²) in [4.78, 5) is 12.9. The number of aryl methyl sites for hydroxylation is 1. The highest BCUT2D eigenvalue weighted by Crippen LogP contribution is 2.26. The molecule has 6 nitrogen and oxygen atoms in total. The number of ether oxygens (including phenoxy) is 1. The molecule has 0 aliphatic rings. The summed E-state index contributed by atoms with van der Waals surface area (Å²) >= 11 is 0. The Morgan fingerprint density at radius 1 is 0.966 bits per heavy atom. The highest BCUT2D eigenvalue weighted by molar-refractivity contribution is 7.92. The molecule has 0 radical (unpaired) electrons. The van der Waals surface area contributed by atoms with Crippen LogP contribution in [-0.4, -0.2) is 28.0 Å². The number of amides is 1. The molecule has 0 fully saturated rings. The van der Waals surface area contributed by atoms with Crippen LogP contribution in [0, 0.1) is 6.92 Å². The van der Waals surface area contributed by atoms with Gasteiger partial charge in [-0.25, -0.2) is 8.42 Å². The number of sulfonamides is 1. The number of nitrogens with one attached hydrogen (secondary N) is 1. The van der Waals surface area contributed by atoms with Crippen LogP contribution >= 0.6 is 0 Å². The minimum Gasteiger partial charge on any atom is -0.495 e. The summed E-state index contributed by atoms with van der Waals surface area (Å²) in [5.41, 5.74) is 1.78. The Bertz CT molecular complexity index is 1100. The Hall–Kier alpha value is -3.32. The lowest BCUT2D eigenvalue weighted by molar-refractivity contribution is -0.114. The standard InChI is InChI=1S/C22H22N2O4S/c1-17-9-8-10-18(15-17)24(29(26,27)19-11-4-3-5-12-19)16-22(25)23-20-13-6-7-14-21(20)28-2/h3-15H,16H2,1-2H3,(H,23,25). The van der Waals surface area contributed by atoms with E-state index < -0.39 is 15.9 Å². The number of anilines is 2. The Balaban J connectivity index is 1.95. The molecule has 0 spiro atoms. The minimum atomic E-state index is -3.93. The fraction of sp³-hybridized carbons (Fsp3) is 0.136. The van der Waals surface area contributed by atoms with Crippen LogP contribution in [0.4, 0.5) is 11.4 Å². The van der Waals surface area contributed by atoms with E-state index in [0.717, 1.165) is 9.87 Å². The van der Waals surface area contributed by atoms with E-state index >= 15 is 0 Å². The van der Waals surface area contributed by atoms with E-state index in [2.05, 4.69) is 5.32 Å². The average molecular weight is 410 g/mol. The van der Waals surface area contributed by atoms with Gasteiger partial charge in [0.2, 0.25) is 5.91 Å². The van der Waals surface area contributed by atoms with Crippen molar-refractivity contribution in [3.63, 3.8) is 0 Å². The van der Waals surface area contributed by atoms with Gasteiger partial charge in [0.1, 0.15) is 12.3 Å². The quantitative estimate of drug-likeness (QED) is 0.642. The van der Waals surface area contributed by atoms with Crippen molar-refractivity contribution in [2.75, 3.05) is 23.3 Å². The van der Waals surface area contributed by atoms with Crippen LogP contribution in [0.25, 0.3) is 0 Å². The van der Waals surface area contributed by atoms with E-state index in [1.807, 2.05) is 13.0 Å². The lowest BCUT2D eigenvalue weighted by Crippen LogP contribution is -2.38. The second kappa shape index (κ2) is 8.79. The zero-order valence-corrected chi connectivity index (χ0v) is 17.0. The molecule has 3 aromatic rings. The molecule has 3 aromatic carbocycles. The third-order valence-electron chi connectivity index (χ3n) is 4.29. The van der Waals surface area contributed by atoms with Crippen molar-refractivity contribution in [3.8, 4) is 5.75 Å². The first-order valence-corrected chi connectivity index (χ1v) is 10.4. The molecular formula is C22H22N2O4S. The molecule has 0 aliphatic heterocycles. The van der Waals surface area contributed by atoms with E-state index in [4.69, 9.17) is 4.74 Å². The van der Waals surface area contributed by atoms with E-state index in [0.29, 0.717) is 17.1 Å². The fourth-order valence-corrected chi connectivity index (χ4v) is 4.32. The van der Waals surface area contributed by atoms with Gasteiger partial charge in [-0.15, -0.1) is 0 Å². The highest BCUT2D eigenvalue weighted by atomic mass is 32.2. The fourth-order valence-electron chi connectivity index (χ4n) is 2.89. The van der Waals surface area contributed by atoms with Gasteiger partial charge in [-0.2, -0.15) is 0 Å². The molecule has 7 heteroatoms. The molecule has 0 unspecified atom stereocenters. The number of hydrogen-bond donors (Lipinski definition) is 1. The molecule has 29 heavy (non-hydrogen) atoms. The summed E-state index contributed by atoms with van der Waals surface area (Å²) in [5.74, 6) is 0.0179. The molecule has 0 atom stereocenters. The van der Waals surface area contributed by atoms with Crippen LogP contribution in [0.5, 0.6) is 5.75 Å². The first kappa shape index (κ1) is 20.4. The smallest absolute Gasteiger partial charge is 0.264 e. The van der Waals surface area contributed by atoms with Crippen molar-refractivity contribution in [1.29, 1.82) is 0 Å². The van der Waals surface area contributed by atoms with Crippen LogP contribution < -0.4 is 14.4 Å². The first-order chi connectivity index (χ1) is 13.9. The maximum atomic E-state index is 13.3. The third-order valence-corrected chi connectivity index (χ3v) is 6.08. The van der Waals surface area contributed by atoms with Gasteiger partial charge in [-0.1, -0.05) is 42.5 Å². The monoisotopic (exact) mass is 410 g/mol. The predicted molar refractivity (Wildman–Crippen MR) is 114 cm³/mol. The number of carbonyl (C=O) groups excluding carboxylic acids is 1. The van der Waals surface area contributed by atoms with Crippen LogP contribution in [-0.2, 0) is 14.8 Å². The van der Waals surface area contributed by atoms with Crippen LogP contribution in [0.15, 0.2) is 83.8 Å². The molecular weight excluding hydrogens is 388 g/mol. The lowest BCUT2D eigenvalue weighted by Gasteiger charge is -2.24. The zero-order chi connectivity index (χ0) is 20.9. The summed E-state index contributed by atoms with van der Waals surface area (Å²) in [6.45, 7) is 1.49. The van der Waals surface area contributed by atoms with Crippen LogP contribution in [0.1, 0.15) is 5.56 Å². The molecule has 0 heterocycles. The summed E-state index contributed by atoms with van der Waals surface area (Å²) in [7, 11) is -2.43. The van der Waals surface area contributed by atoms with Gasteiger partial charge in [0, 0.05) is 0 Å². The number of methoxy groups -OCH3 is 1. The SMILES string of the molecule is COc1ccccc1NC(=O)CN(c1cccc(C)c1)S(=O)(=O)c1ccccc1. The van der Waals surface area contributed by atoms with Gasteiger partial charge in [0.05, 0.1) is 23.4 Å². The summed E-state index contributed by atoms with van der Waals surface area (Å²) < 4.78 is 32.9.